The monoisotopic (exact) mass is 434 g/mol. The van der Waals surface area contributed by atoms with Crippen LogP contribution in [-0.4, -0.2) is 34.2 Å². The molecule has 2 rings (SSSR count). The summed E-state index contributed by atoms with van der Waals surface area (Å²) in [5.41, 5.74) is 0.531. The third-order valence-corrected chi connectivity index (χ3v) is 7.81. The molecule has 0 unspecified atom stereocenters. The predicted molar refractivity (Wildman–Crippen MR) is 104 cm³/mol. The van der Waals surface area contributed by atoms with Gasteiger partial charge in [0.25, 0.3) is 10.0 Å². The van der Waals surface area contributed by atoms with Crippen LogP contribution in [-0.2, 0) is 20.0 Å². The Morgan fingerprint density at radius 1 is 1.00 bits per heavy atom. The molecule has 0 radical (unpaired) electrons. The van der Waals surface area contributed by atoms with Gasteiger partial charge in [0.1, 0.15) is 15.6 Å². The zero-order valence-corrected chi connectivity index (χ0v) is 17.4. The number of anilines is 1. The number of halogens is 2. The first-order valence-corrected chi connectivity index (χ1v) is 11.4. The molecule has 6 nitrogen and oxygen atoms in total. The fraction of sp³-hybridized carbons (Fsp3) is 0.294. The molecule has 0 aliphatic carbocycles. The average Bonchev–Trinajstić information content (AvgIpc) is 2.59. The summed E-state index contributed by atoms with van der Waals surface area (Å²) in [7, 11) is -8.15. The molecule has 0 fully saturated rings. The van der Waals surface area contributed by atoms with E-state index in [9.17, 15) is 21.2 Å². The first-order valence-electron chi connectivity index (χ1n) is 8.11. The second-order valence-corrected chi connectivity index (χ2v) is 9.74. The first kappa shape index (κ1) is 21.6. The van der Waals surface area contributed by atoms with Gasteiger partial charge in [0.05, 0.1) is 10.7 Å². The second-order valence-electron chi connectivity index (χ2n) is 5.77. The van der Waals surface area contributed by atoms with Crippen molar-refractivity contribution in [1.29, 1.82) is 0 Å². The molecule has 0 aliphatic rings. The van der Waals surface area contributed by atoms with Crippen molar-refractivity contribution < 1.29 is 21.2 Å². The summed E-state index contributed by atoms with van der Waals surface area (Å²) < 4.78 is 67.8. The maximum atomic E-state index is 14.0. The van der Waals surface area contributed by atoms with Crippen molar-refractivity contribution in [2.75, 3.05) is 17.8 Å². The largest absolute Gasteiger partial charge is 0.279 e. The molecule has 1 N–H and O–H groups in total. The summed E-state index contributed by atoms with van der Waals surface area (Å²) in [6.45, 7) is 5.47. The van der Waals surface area contributed by atoms with E-state index in [2.05, 4.69) is 4.72 Å². The third kappa shape index (κ3) is 4.60. The molecule has 2 aromatic carbocycles. The topological polar surface area (TPSA) is 83.6 Å². The van der Waals surface area contributed by atoms with E-state index in [-0.39, 0.29) is 28.7 Å². The van der Waals surface area contributed by atoms with Gasteiger partial charge in [-0.05, 0) is 42.8 Å². The van der Waals surface area contributed by atoms with Gasteiger partial charge in [-0.2, -0.15) is 4.31 Å². The van der Waals surface area contributed by atoms with Gasteiger partial charge in [-0.1, -0.05) is 31.5 Å². The fourth-order valence-electron chi connectivity index (χ4n) is 2.49. The Labute approximate surface area is 164 Å². The molecule has 10 heteroatoms. The van der Waals surface area contributed by atoms with Crippen LogP contribution < -0.4 is 4.72 Å². The quantitative estimate of drug-likeness (QED) is 0.721. The minimum absolute atomic E-state index is 0.0356. The maximum Gasteiger partial charge on any atom is 0.264 e. The zero-order chi connectivity index (χ0) is 20.4. The van der Waals surface area contributed by atoms with Crippen molar-refractivity contribution in [1.82, 2.24) is 4.31 Å². The minimum Gasteiger partial charge on any atom is -0.279 e. The summed E-state index contributed by atoms with van der Waals surface area (Å²) in [4.78, 5) is -0.747. The standard InChI is InChI=1S/C17H20ClFN2O4S2/c1-4-21(5-2)27(24,25)16-11-13(7-8-14(16)18)20-26(22,23)17-10-12(3)6-9-15(17)19/h6-11,20H,4-5H2,1-3H3. The van der Waals surface area contributed by atoms with Crippen molar-refractivity contribution in [3.63, 3.8) is 0 Å². The van der Waals surface area contributed by atoms with E-state index in [0.29, 0.717) is 5.56 Å². The van der Waals surface area contributed by atoms with Crippen LogP contribution in [0.15, 0.2) is 46.2 Å². The molecule has 0 spiro atoms. The molecule has 2 aromatic rings. The van der Waals surface area contributed by atoms with Gasteiger partial charge in [0, 0.05) is 13.1 Å². The average molecular weight is 435 g/mol. The summed E-state index contributed by atoms with van der Waals surface area (Å²) >= 11 is 6.03. The molecule has 0 aromatic heterocycles. The molecule has 0 bridgehead atoms. The Balaban J connectivity index is 2.49. The van der Waals surface area contributed by atoms with Gasteiger partial charge < -0.3 is 0 Å². The summed E-state index contributed by atoms with van der Waals surface area (Å²) in [5.74, 6) is -0.905. The lowest BCUT2D eigenvalue weighted by Crippen LogP contribution is -2.30. The Morgan fingerprint density at radius 3 is 2.22 bits per heavy atom. The predicted octanol–water partition coefficient (Wildman–Crippen LogP) is 3.62. The highest BCUT2D eigenvalue weighted by molar-refractivity contribution is 7.92. The van der Waals surface area contributed by atoms with E-state index in [0.717, 1.165) is 12.1 Å². The molecule has 0 atom stereocenters. The van der Waals surface area contributed by atoms with Gasteiger partial charge in [-0.15, -0.1) is 0 Å². The van der Waals surface area contributed by atoms with E-state index in [4.69, 9.17) is 11.6 Å². The van der Waals surface area contributed by atoms with Crippen LogP contribution in [0.1, 0.15) is 19.4 Å². The second kappa shape index (κ2) is 8.14. The molecular formula is C17H20ClFN2O4S2. The smallest absolute Gasteiger partial charge is 0.264 e. The molecule has 148 valence electrons. The van der Waals surface area contributed by atoms with Gasteiger partial charge in [-0.25, -0.2) is 21.2 Å². The van der Waals surface area contributed by atoms with Crippen LogP contribution in [0.4, 0.5) is 10.1 Å². The lowest BCUT2D eigenvalue weighted by molar-refractivity contribution is 0.445. The number of benzene rings is 2. The van der Waals surface area contributed by atoms with Crippen LogP contribution in [0.5, 0.6) is 0 Å². The van der Waals surface area contributed by atoms with E-state index >= 15 is 0 Å². The van der Waals surface area contributed by atoms with Crippen molar-refractivity contribution in [3.8, 4) is 0 Å². The fourth-order valence-corrected chi connectivity index (χ4v) is 5.67. The van der Waals surface area contributed by atoms with E-state index in [1.54, 1.807) is 20.8 Å². The number of nitrogens with zero attached hydrogens (tertiary/aromatic N) is 1. The number of nitrogens with one attached hydrogen (secondary N) is 1. The van der Waals surface area contributed by atoms with Crippen LogP contribution in [0, 0.1) is 12.7 Å². The zero-order valence-electron chi connectivity index (χ0n) is 15.0. The SMILES string of the molecule is CCN(CC)S(=O)(=O)c1cc(NS(=O)(=O)c2cc(C)ccc2F)ccc1Cl. The Kier molecular flexibility index (Phi) is 6.51. The summed E-state index contributed by atoms with van der Waals surface area (Å²) in [6.07, 6.45) is 0. The van der Waals surface area contributed by atoms with Crippen LogP contribution in [0.25, 0.3) is 0 Å². The number of sulfonamides is 2. The van der Waals surface area contributed by atoms with Crippen molar-refractivity contribution in [2.45, 2.75) is 30.6 Å². The lowest BCUT2D eigenvalue weighted by atomic mass is 10.2. The van der Waals surface area contributed by atoms with Crippen molar-refractivity contribution in [2.24, 2.45) is 0 Å². The molecule has 27 heavy (non-hydrogen) atoms. The van der Waals surface area contributed by atoms with Crippen LogP contribution >= 0.6 is 11.6 Å². The van der Waals surface area contributed by atoms with Crippen LogP contribution in [0.2, 0.25) is 5.02 Å². The van der Waals surface area contributed by atoms with Gasteiger partial charge in [0.2, 0.25) is 10.0 Å². The van der Waals surface area contributed by atoms with Gasteiger partial charge in [-0.3, -0.25) is 4.72 Å². The first-order chi connectivity index (χ1) is 12.5. The molecule has 0 amide bonds. The number of hydrogen-bond acceptors (Lipinski definition) is 4. The van der Waals surface area contributed by atoms with Gasteiger partial charge >= 0.3 is 0 Å². The molecule has 0 saturated heterocycles. The van der Waals surface area contributed by atoms with E-state index in [1.807, 2.05) is 0 Å². The normalized spacial score (nSPS) is 12.4. The van der Waals surface area contributed by atoms with Crippen LogP contribution in [0.3, 0.4) is 0 Å². The molecule has 0 saturated carbocycles. The Morgan fingerprint density at radius 2 is 1.63 bits per heavy atom. The minimum atomic E-state index is -4.25. The van der Waals surface area contributed by atoms with E-state index in [1.165, 1.54) is 28.6 Å². The highest BCUT2D eigenvalue weighted by Gasteiger charge is 2.26. The highest BCUT2D eigenvalue weighted by atomic mass is 35.5. The molecule has 0 heterocycles. The van der Waals surface area contributed by atoms with Crippen molar-refractivity contribution >= 4 is 37.3 Å². The van der Waals surface area contributed by atoms with Gasteiger partial charge in [0.15, 0.2) is 0 Å². The maximum absolute atomic E-state index is 14.0. The Hall–Kier alpha value is -1.68. The summed E-state index contributed by atoms with van der Waals surface area (Å²) in [6, 6.07) is 7.42. The number of hydrogen-bond donors (Lipinski definition) is 1. The number of aryl methyl sites for hydroxylation is 1. The third-order valence-electron chi connectivity index (χ3n) is 3.88. The molecule has 0 aliphatic heterocycles. The summed E-state index contributed by atoms with van der Waals surface area (Å²) in [5, 5.41) is -0.0356. The number of rotatable bonds is 7. The molecular weight excluding hydrogens is 415 g/mol. The van der Waals surface area contributed by atoms with E-state index < -0.39 is 30.8 Å². The Bertz CT molecular complexity index is 1050. The van der Waals surface area contributed by atoms with Crippen molar-refractivity contribution in [3.05, 3.63) is 52.8 Å². The highest BCUT2D eigenvalue weighted by Crippen LogP contribution is 2.29. The lowest BCUT2D eigenvalue weighted by Gasteiger charge is -2.20.